The van der Waals surface area contributed by atoms with Crippen LogP contribution in [0.1, 0.15) is 16.7 Å². The molecule has 0 saturated heterocycles. The summed E-state index contributed by atoms with van der Waals surface area (Å²) >= 11 is 0. The lowest BCUT2D eigenvalue weighted by Crippen LogP contribution is -1.99. The fourth-order valence-electron chi connectivity index (χ4n) is 5.43. The monoisotopic (exact) mass is 458 g/mol. The summed E-state index contributed by atoms with van der Waals surface area (Å²) in [6, 6.07) is 41.4. The lowest BCUT2D eigenvalue weighted by molar-refractivity contribution is 1.53. The third-order valence-electron chi connectivity index (χ3n) is 6.98. The molecule has 6 rings (SSSR count). The predicted octanol–water partition coefficient (Wildman–Crippen LogP) is 9.84. The van der Waals surface area contributed by atoms with Crippen molar-refractivity contribution in [1.82, 2.24) is 0 Å². The molecule has 0 radical (unpaired) electrons. The van der Waals surface area contributed by atoms with Crippen LogP contribution in [0.3, 0.4) is 0 Å². The van der Waals surface area contributed by atoms with Crippen LogP contribution < -0.4 is 0 Å². The highest BCUT2D eigenvalue weighted by atomic mass is 14.2. The Hall–Kier alpha value is -4.68. The van der Waals surface area contributed by atoms with Gasteiger partial charge in [-0.25, -0.2) is 0 Å². The van der Waals surface area contributed by atoms with Gasteiger partial charge in [0.05, 0.1) is 0 Å². The van der Waals surface area contributed by atoms with Crippen LogP contribution in [0.15, 0.2) is 152 Å². The van der Waals surface area contributed by atoms with E-state index in [-0.39, 0.29) is 0 Å². The van der Waals surface area contributed by atoms with E-state index in [0.29, 0.717) is 0 Å². The summed E-state index contributed by atoms with van der Waals surface area (Å²) in [7, 11) is 0. The summed E-state index contributed by atoms with van der Waals surface area (Å²) in [6.45, 7) is 8.16. The third-order valence-corrected chi connectivity index (χ3v) is 6.98. The second-order valence-corrected chi connectivity index (χ2v) is 9.01. The van der Waals surface area contributed by atoms with Crippen LogP contribution >= 0.6 is 0 Å². The van der Waals surface area contributed by atoms with Gasteiger partial charge in [-0.2, -0.15) is 0 Å². The third kappa shape index (κ3) is 3.56. The number of hydrogen-bond acceptors (Lipinski definition) is 0. The Labute approximate surface area is 212 Å². The zero-order valence-electron chi connectivity index (χ0n) is 20.1. The molecular weight excluding hydrogens is 432 g/mol. The highest BCUT2D eigenvalue weighted by Gasteiger charge is 2.20. The molecule has 0 aliphatic heterocycles. The van der Waals surface area contributed by atoms with Gasteiger partial charge in [-0.15, -0.1) is 0 Å². The van der Waals surface area contributed by atoms with E-state index in [4.69, 9.17) is 0 Å². The van der Waals surface area contributed by atoms with E-state index in [1.54, 1.807) is 0 Å². The molecule has 170 valence electrons. The van der Waals surface area contributed by atoms with E-state index in [1.807, 2.05) is 18.2 Å². The van der Waals surface area contributed by atoms with E-state index < -0.39 is 0 Å². The van der Waals surface area contributed by atoms with Gasteiger partial charge in [0.25, 0.3) is 0 Å². The van der Waals surface area contributed by atoms with E-state index in [1.165, 1.54) is 49.0 Å². The maximum absolute atomic E-state index is 4.17. The summed E-state index contributed by atoms with van der Waals surface area (Å²) in [5, 5.41) is 7.71. The maximum atomic E-state index is 4.17. The first kappa shape index (κ1) is 21.8. The molecule has 0 amide bonds. The van der Waals surface area contributed by atoms with Crippen LogP contribution in [0.5, 0.6) is 0 Å². The smallest absolute Gasteiger partial charge is 0.00206 e. The molecule has 0 aliphatic carbocycles. The first-order chi connectivity index (χ1) is 17.8. The lowest BCUT2D eigenvalue weighted by atomic mass is 9.82. The summed E-state index contributed by atoms with van der Waals surface area (Å²) in [5.74, 6) is 0. The van der Waals surface area contributed by atoms with E-state index in [2.05, 4.69) is 128 Å². The van der Waals surface area contributed by atoms with Gasteiger partial charge in [0.1, 0.15) is 0 Å². The van der Waals surface area contributed by atoms with Crippen molar-refractivity contribution in [3.05, 3.63) is 169 Å². The van der Waals surface area contributed by atoms with Gasteiger partial charge in [0, 0.05) is 0 Å². The highest BCUT2D eigenvalue weighted by molar-refractivity contribution is 6.26. The molecular formula is C36H26. The summed E-state index contributed by atoms with van der Waals surface area (Å²) < 4.78 is 0. The average molecular weight is 459 g/mol. The molecule has 0 fully saturated rings. The van der Waals surface area contributed by atoms with Gasteiger partial charge in [-0.05, 0) is 65.7 Å². The zero-order chi connectivity index (χ0) is 24.5. The average Bonchev–Trinajstić information content (AvgIpc) is 2.95. The molecule has 36 heavy (non-hydrogen) atoms. The molecule has 0 heteroatoms. The molecule has 0 aromatic heterocycles. The Bertz CT molecular complexity index is 1770. The summed E-state index contributed by atoms with van der Waals surface area (Å²) in [5.41, 5.74) is 6.90. The Morgan fingerprint density at radius 3 is 1.75 bits per heavy atom. The van der Waals surface area contributed by atoms with Crippen molar-refractivity contribution in [1.29, 1.82) is 0 Å². The van der Waals surface area contributed by atoms with E-state index in [9.17, 15) is 0 Å². The Morgan fingerprint density at radius 1 is 0.528 bits per heavy atom. The lowest BCUT2D eigenvalue weighted by Gasteiger charge is -2.21. The molecule has 0 spiro atoms. The van der Waals surface area contributed by atoms with Gasteiger partial charge >= 0.3 is 0 Å². The van der Waals surface area contributed by atoms with E-state index >= 15 is 0 Å². The fraction of sp³-hybridized carbons (Fsp3) is 0. The van der Waals surface area contributed by atoms with Crippen molar-refractivity contribution in [2.75, 3.05) is 0 Å². The molecule has 0 N–H and O–H groups in total. The van der Waals surface area contributed by atoms with Gasteiger partial charge in [0.2, 0.25) is 0 Å². The van der Waals surface area contributed by atoms with Crippen LogP contribution in [-0.2, 0) is 0 Å². The molecule has 0 unspecified atom stereocenters. The summed E-state index contributed by atoms with van der Waals surface area (Å²) in [4.78, 5) is 0. The molecule has 0 saturated carbocycles. The molecule has 6 aromatic rings. The molecule has 0 atom stereocenters. The van der Waals surface area contributed by atoms with Crippen molar-refractivity contribution in [3.8, 4) is 0 Å². The minimum atomic E-state index is 1.04. The van der Waals surface area contributed by atoms with Gasteiger partial charge in [-0.1, -0.05) is 147 Å². The quantitative estimate of drug-likeness (QED) is 0.132. The molecule has 0 bridgehead atoms. The second kappa shape index (κ2) is 9.17. The molecule has 0 aliphatic rings. The van der Waals surface area contributed by atoms with Crippen LogP contribution in [0.25, 0.3) is 43.5 Å². The number of benzene rings is 6. The van der Waals surface area contributed by atoms with Crippen LogP contribution in [0.2, 0.25) is 0 Å². The number of allylic oxidation sites excluding steroid dienone is 5. The minimum absolute atomic E-state index is 1.04. The molecule has 0 heterocycles. The standard InChI is InChI=1S/C36H26/c1-3-12-25(4-2)33(26-13-7-5-8-14-26)35(27-15-9-6-10-16-27)31-24-22-30-20-19-28-17-11-18-29-21-23-32(31)36(30)34(28)29/h3-24H,1-2H2/b25-12+,35-33-. The largest absolute Gasteiger partial charge is 0.0990 e. The SMILES string of the molecule is C=C/C=C(C=C)/C(=C(\c1ccccc1)c1ccc2ccc3cccc4ccc1c2c34)c1ccccc1. The van der Waals surface area contributed by atoms with Crippen molar-refractivity contribution in [3.63, 3.8) is 0 Å². The van der Waals surface area contributed by atoms with Crippen LogP contribution in [0, 0.1) is 0 Å². The minimum Gasteiger partial charge on any atom is -0.0990 e. The van der Waals surface area contributed by atoms with Gasteiger partial charge in [0.15, 0.2) is 0 Å². The normalized spacial score (nSPS) is 12.7. The van der Waals surface area contributed by atoms with E-state index in [0.717, 1.165) is 16.7 Å². The molecule has 0 nitrogen and oxygen atoms in total. The maximum Gasteiger partial charge on any atom is -0.00206 e. The predicted molar refractivity (Wildman–Crippen MR) is 157 cm³/mol. The van der Waals surface area contributed by atoms with Gasteiger partial charge in [-0.3, -0.25) is 0 Å². The van der Waals surface area contributed by atoms with Crippen molar-refractivity contribution < 1.29 is 0 Å². The van der Waals surface area contributed by atoms with Crippen molar-refractivity contribution >= 4 is 43.5 Å². The van der Waals surface area contributed by atoms with Crippen LogP contribution in [0.4, 0.5) is 0 Å². The Balaban J connectivity index is 1.82. The molecule has 6 aromatic carbocycles. The Morgan fingerprint density at radius 2 is 1.11 bits per heavy atom. The first-order valence-corrected chi connectivity index (χ1v) is 12.3. The summed E-state index contributed by atoms with van der Waals surface area (Å²) in [6.07, 6.45) is 5.82. The van der Waals surface area contributed by atoms with Crippen molar-refractivity contribution in [2.24, 2.45) is 0 Å². The number of hydrogen-bond donors (Lipinski definition) is 0. The zero-order valence-corrected chi connectivity index (χ0v) is 20.1. The highest BCUT2D eigenvalue weighted by Crippen LogP contribution is 2.43. The first-order valence-electron chi connectivity index (χ1n) is 12.3. The number of rotatable bonds is 6. The van der Waals surface area contributed by atoms with Crippen LogP contribution in [-0.4, -0.2) is 0 Å². The Kier molecular flexibility index (Phi) is 5.56. The van der Waals surface area contributed by atoms with Gasteiger partial charge < -0.3 is 0 Å². The fourth-order valence-corrected chi connectivity index (χ4v) is 5.43. The van der Waals surface area contributed by atoms with Crippen molar-refractivity contribution in [2.45, 2.75) is 0 Å². The second-order valence-electron chi connectivity index (χ2n) is 9.01. The topological polar surface area (TPSA) is 0 Å².